The Morgan fingerprint density at radius 1 is 1.33 bits per heavy atom. The number of benzene rings is 1. The Labute approximate surface area is 126 Å². The first-order valence-corrected chi connectivity index (χ1v) is 7.79. The van der Waals surface area contributed by atoms with Crippen LogP contribution in [0, 0.1) is 0 Å². The maximum atomic E-state index is 9.43. The molecule has 0 radical (unpaired) electrons. The Morgan fingerprint density at radius 2 is 2.19 bits per heavy atom. The number of aliphatic hydroxyl groups is 1. The van der Waals surface area contributed by atoms with Gasteiger partial charge >= 0.3 is 0 Å². The molecule has 1 saturated heterocycles. The molecule has 1 fully saturated rings. The molecule has 2 atom stereocenters. The molecular formula is C16H24N4O. The van der Waals surface area contributed by atoms with Crippen molar-refractivity contribution in [3.05, 3.63) is 35.9 Å². The normalized spacial score (nSPS) is 26.8. The SMILES string of the molecule is OC1CN=C(NC2CCCN(Cc3ccccc3)C2)NC1. The fourth-order valence-corrected chi connectivity index (χ4v) is 2.98. The monoisotopic (exact) mass is 288 g/mol. The molecule has 2 heterocycles. The summed E-state index contributed by atoms with van der Waals surface area (Å²) in [4.78, 5) is 6.83. The van der Waals surface area contributed by atoms with Crippen LogP contribution in [0.25, 0.3) is 0 Å². The number of hydrogen-bond acceptors (Lipinski definition) is 5. The van der Waals surface area contributed by atoms with E-state index in [2.05, 4.69) is 50.9 Å². The number of aliphatic hydroxyl groups excluding tert-OH is 1. The van der Waals surface area contributed by atoms with Gasteiger partial charge in [0, 0.05) is 25.7 Å². The second-order valence-electron chi connectivity index (χ2n) is 5.93. The minimum atomic E-state index is -0.350. The van der Waals surface area contributed by atoms with Gasteiger partial charge in [0.05, 0.1) is 12.6 Å². The van der Waals surface area contributed by atoms with E-state index in [0.717, 1.165) is 25.6 Å². The van der Waals surface area contributed by atoms with Gasteiger partial charge in [-0.1, -0.05) is 30.3 Å². The summed E-state index contributed by atoms with van der Waals surface area (Å²) in [5.41, 5.74) is 1.37. The van der Waals surface area contributed by atoms with E-state index >= 15 is 0 Å². The maximum Gasteiger partial charge on any atom is 0.191 e. The van der Waals surface area contributed by atoms with E-state index in [1.165, 1.54) is 18.4 Å². The first kappa shape index (κ1) is 14.4. The van der Waals surface area contributed by atoms with Crippen LogP contribution < -0.4 is 10.6 Å². The van der Waals surface area contributed by atoms with E-state index in [1.54, 1.807) is 0 Å². The van der Waals surface area contributed by atoms with Gasteiger partial charge in [-0.25, -0.2) is 0 Å². The van der Waals surface area contributed by atoms with Crippen LogP contribution in [0.4, 0.5) is 0 Å². The molecular weight excluding hydrogens is 264 g/mol. The molecule has 0 aliphatic carbocycles. The summed E-state index contributed by atoms with van der Waals surface area (Å²) in [6.45, 7) is 4.30. The van der Waals surface area contributed by atoms with Crippen molar-refractivity contribution in [2.75, 3.05) is 26.2 Å². The summed E-state index contributed by atoms with van der Waals surface area (Å²) in [5.74, 6) is 0.840. The molecule has 21 heavy (non-hydrogen) atoms. The van der Waals surface area contributed by atoms with Gasteiger partial charge in [-0.3, -0.25) is 9.89 Å². The third-order valence-corrected chi connectivity index (χ3v) is 4.06. The van der Waals surface area contributed by atoms with Gasteiger partial charge in [-0.15, -0.1) is 0 Å². The van der Waals surface area contributed by atoms with Crippen molar-refractivity contribution in [2.45, 2.75) is 31.5 Å². The third kappa shape index (κ3) is 4.19. The lowest BCUT2D eigenvalue weighted by Crippen LogP contribution is -2.53. The highest BCUT2D eigenvalue weighted by atomic mass is 16.3. The molecule has 0 bridgehead atoms. The van der Waals surface area contributed by atoms with Gasteiger partial charge in [-0.2, -0.15) is 0 Å². The first-order valence-electron chi connectivity index (χ1n) is 7.79. The minimum Gasteiger partial charge on any atom is -0.389 e. The highest BCUT2D eigenvalue weighted by Crippen LogP contribution is 2.13. The van der Waals surface area contributed by atoms with E-state index in [1.807, 2.05) is 0 Å². The molecule has 5 heteroatoms. The van der Waals surface area contributed by atoms with Gasteiger partial charge in [0.2, 0.25) is 0 Å². The Bertz CT molecular complexity index is 476. The molecule has 5 nitrogen and oxygen atoms in total. The number of β-amino-alcohol motifs (C(OH)–C–C–N with tert-alkyl or cyclic N) is 1. The van der Waals surface area contributed by atoms with Crippen LogP contribution in [0.1, 0.15) is 18.4 Å². The molecule has 2 unspecified atom stereocenters. The molecule has 0 saturated carbocycles. The molecule has 2 aliphatic heterocycles. The fraction of sp³-hybridized carbons (Fsp3) is 0.562. The fourth-order valence-electron chi connectivity index (χ4n) is 2.98. The summed E-state index contributed by atoms with van der Waals surface area (Å²) in [7, 11) is 0. The zero-order chi connectivity index (χ0) is 14.5. The zero-order valence-corrected chi connectivity index (χ0v) is 12.3. The van der Waals surface area contributed by atoms with E-state index in [-0.39, 0.29) is 6.10 Å². The van der Waals surface area contributed by atoms with Gasteiger partial charge in [0.15, 0.2) is 5.96 Å². The van der Waals surface area contributed by atoms with Crippen molar-refractivity contribution in [1.29, 1.82) is 0 Å². The highest BCUT2D eigenvalue weighted by Gasteiger charge is 2.22. The van der Waals surface area contributed by atoms with Crippen LogP contribution in [-0.4, -0.2) is 54.3 Å². The average molecular weight is 288 g/mol. The van der Waals surface area contributed by atoms with E-state index in [9.17, 15) is 5.11 Å². The Morgan fingerprint density at radius 3 is 2.95 bits per heavy atom. The van der Waals surface area contributed by atoms with Crippen molar-refractivity contribution in [3.8, 4) is 0 Å². The quantitative estimate of drug-likeness (QED) is 0.761. The smallest absolute Gasteiger partial charge is 0.191 e. The number of guanidine groups is 1. The van der Waals surface area contributed by atoms with Gasteiger partial charge in [0.1, 0.15) is 0 Å². The van der Waals surface area contributed by atoms with E-state index in [4.69, 9.17) is 0 Å². The standard InChI is InChI=1S/C16H24N4O/c21-15-9-17-16(18-10-15)19-14-7-4-8-20(12-14)11-13-5-2-1-3-6-13/h1-3,5-6,14-15,21H,4,7-12H2,(H2,17,18,19). The summed E-state index contributed by atoms with van der Waals surface area (Å²) in [5, 5.41) is 16.1. The van der Waals surface area contributed by atoms with Crippen molar-refractivity contribution in [3.63, 3.8) is 0 Å². The van der Waals surface area contributed by atoms with Crippen LogP contribution in [0.15, 0.2) is 35.3 Å². The number of rotatable bonds is 3. The summed E-state index contributed by atoms with van der Waals surface area (Å²) in [6, 6.07) is 11.1. The number of aliphatic imine (C=N–C) groups is 1. The lowest BCUT2D eigenvalue weighted by molar-refractivity contribution is 0.176. The number of piperidine rings is 1. The van der Waals surface area contributed by atoms with Crippen LogP contribution in [0.5, 0.6) is 0 Å². The van der Waals surface area contributed by atoms with Crippen LogP contribution in [-0.2, 0) is 6.54 Å². The second kappa shape index (κ2) is 6.91. The number of hydrogen-bond donors (Lipinski definition) is 3. The molecule has 114 valence electrons. The molecule has 2 aliphatic rings. The Kier molecular flexibility index (Phi) is 4.72. The van der Waals surface area contributed by atoms with E-state index < -0.39 is 0 Å². The van der Waals surface area contributed by atoms with Crippen LogP contribution in [0.3, 0.4) is 0 Å². The van der Waals surface area contributed by atoms with Gasteiger partial charge in [0.25, 0.3) is 0 Å². The van der Waals surface area contributed by atoms with Gasteiger partial charge < -0.3 is 15.7 Å². The topological polar surface area (TPSA) is 59.9 Å². The average Bonchev–Trinajstić information content (AvgIpc) is 2.51. The first-order chi connectivity index (χ1) is 10.3. The number of nitrogens with one attached hydrogen (secondary N) is 2. The number of nitrogens with zero attached hydrogens (tertiary/aromatic N) is 2. The summed E-state index contributed by atoms with van der Waals surface area (Å²) < 4.78 is 0. The largest absolute Gasteiger partial charge is 0.389 e. The van der Waals surface area contributed by atoms with Crippen molar-refractivity contribution in [2.24, 2.45) is 4.99 Å². The van der Waals surface area contributed by atoms with Crippen LogP contribution in [0.2, 0.25) is 0 Å². The molecule has 1 aromatic rings. The second-order valence-corrected chi connectivity index (χ2v) is 5.93. The van der Waals surface area contributed by atoms with Crippen molar-refractivity contribution in [1.82, 2.24) is 15.5 Å². The highest BCUT2D eigenvalue weighted by molar-refractivity contribution is 5.80. The Balaban J connectivity index is 1.51. The zero-order valence-electron chi connectivity index (χ0n) is 12.3. The van der Waals surface area contributed by atoms with Gasteiger partial charge in [-0.05, 0) is 24.9 Å². The third-order valence-electron chi connectivity index (χ3n) is 4.06. The lowest BCUT2D eigenvalue weighted by atomic mass is 10.0. The summed E-state index contributed by atoms with van der Waals surface area (Å²) in [6.07, 6.45) is 2.03. The number of likely N-dealkylation sites (tertiary alicyclic amines) is 1. The molecule has 0 aromatic heterocycles. The predicted octanol–water partition coefficient (Wildman–Crippen LogP) is 0.561. The molecule has 0 amide bonds. The summed E-state index contributed by atoms with van der Waals surface area (Å²) >= 11 is 0. The molecule has 3 rings (SSSR count). The van der Waals surface area contributed by atoms with Crippen molar-refractivity contribution < 1.29 is 5.11 Å². The van der Waals surface area contributed by atoms with E-state index in [0.29, 0.717) is 19.1 Å². The molecule has 0 spiro atoms. The van der Waals surface area contributed by atoms with Crippen LogP contribution >= 0.6 is 0 Å². The minimum absolute atomic E-state index is 0.350. The maximum absolute atomic E-state index is 9.43. The molecule has 3 N–H and O–H groups in total. The predicted molar refractivity (Wildman–Crippen MR) is 84.2 cm³/mol. The lowest BCUT2D eigenvalue weighted by Gasteiger charge is -2.34. The Hall–Kier alpha value is -1.59. The van der Waals surface area contributed by atoms with Crippen molar-refractivity contribution >= 4 is 5.96 Å². The molecule has 1 aromatic carbocycles.